The molecule has 0 bridgehead atoms. The van der Waals surface area contributed by atoms with Crippen LogP contribution < -0.4 is 10.4 Å². The highest BCUT2D eigenvalue weighted by atomic mass is 16.7. The van der Waals surface area contributed by atoms with Crippen LogP contribution in [-0.2, 0) is 18.9 Å². The Bertz CT molecular complexity index is 1610. The first-order valence-corrected chi connectivity index (χ1v) is 13.6. The molecular weight excluding hydrogens is 556 g/mol. The van der Waals surface area contributed by atoms with E-state index in [1.165, 1.54) is 12.3 Å². The second-order valence-electron chi connectivity index (χ2n) is 9.39. The van der Waals surface area contributed by atoms with Crippen molar-refractivity contribution in [3.8, 4) is 5.88 Å². The summed E-state index contributed by atoms with van der Waals surface area (Å²) in [6, 6.07) is 26.2. The van der Waals surface area contributed by atoms with Crippen molar-refractivity contribution >= 4 is 17.9 Å². The van der Waals surface area contributed by atoms with Gasteiger partial charge in [0.1, 0.15) is 12.7 Å². The molecule has 0 aliphatic carbocycles. The molecule has 0 N–H and O–H groups in total. The van der Waals surface area contributed by atoms with E-state index in [1.807, 2.05) is 0 Å². The van der Waals surface area contributed by atoms with Gasteiger partial charge in [0.25, 0.3) is 0 Å². The number of esters is 3. The number of carbonyl (C=O) groups is 3. The third-order valence-electron chi connectivity index (χ3n) is 6.55. The average Bonchev–Trinajstić information content (AvgIpc) is 3.37. The predicted octanol–water partition coefficient (Wildman–Crippen LogP) is 3.85. The molecule has 0 spiro atoms. The second kappa shape index (κ2) is 13.6. The standard InChI is InChI=1S/C32H28N2O9/c1-2-39-25-18-19-34(32(38)33-25)28-27(43-31(37)23-16-10-5-11-17-23)26(42-30(36)22-14-8-4-9-15-22)24(41-28)20-40-29(35)21-12-6-3-7-13-21/h3-19,24,26-28H,2,20H2,1H3/t24-,26-,27-,28-/m1/s1. The Morgan fingerprint density at radius 2 is 1.26 bits per heavy atom. The molecule has 220 valence electrons. The normalized spacial score (nSPS) is 19.3. The zero-order valence-corrected chi connectivity index (χ0v) is 23.1. The molecule has 2 heterocycles. The molecule has 0 amide bonds. The minimum Gasteiger partial charge on any atom is -0.478 e. The Morgan fingerprint density at radius 3 is 1.77 bits per heavy atom. The molecule has 1 aromatic heterocycles. The lowest BCUT2D eigenvalue weighted by atomic mass is 10.1. The van der Waals surface area contributed by atoms with Crippen molar-refractivity contribution in [1.29, 1.82) is 0 Å². The SMILES string of the molecule is CCOc1ccn([C@@H]2O[C@H](COC(=O)c3ccccc3)[C@@H](OC(=O)c3ccccc3)[C@H]2OC(=O)c2ccccc2)c(=O)n1. The first-order chi connectivity index (χ1) is 20.9. The zero-order valence-electron chi connectivity index (χ0n) is 23.1. The fourth-order valence-electron chi connectivity index (χ4n) is 4.50. The number of nitrogens with zero attached hydrogens (tertiary/aromatic N) is 2. The molecule has 5 rings (SSSR count). The van der Waals surface area contributed by atoms with Crippen LogP contribution in [0.15, 0.2) is 108 Å². The molecule has 0 unspecified atom stereocenters. The largest absolute Gasteiger partial charge is 0.478 e. The van der Waals surface area contributed by atoms with Crippen LogP contribution in [0.1, 0.15) is 44.2 Å². The van der Waals surface area contributed by atoms with Crippen LogP contribution in [0.25, 0.3) is 0 Å². The van der Waals surface area contributed by atoms with Gasteiger partial charge in [0.05, 0.1) is 23.3 Å². The van der Waals surface area contributed by atoms with Crippen LogP contribution in [0.5, 0.6) is 5.88 Å². The molecule has 1 saturated heterocycles. The summed E-state index contributed by atoms with van der Waals surface area (Å²) in [5.74, 6) is -2.01. The van der Waals surface area contributed by atoms with E-state index in [1.54, 1.807) is 97.9 Å². The van der Waals surface area contributed by atoms with E-state index in [2.05, 4.69) is 4.98 Å². The van der Waals surface area contributed by atoms with Gasteiger partial charge in [-0.25, -0.2) is 19.2 Å². The number of ether oxygens (including phenoxy) is 5. The molecular formula is C32H28N2O9. The fourth-order valence-corrected chi connectivity index (χ4v) is 4.50. The Balaban J connectivity index is 1.50. The number of benzene rings is 3. The average molecular weight is 585 g/mol. The molecule has 0 radical (unpaired) electrons. The van der Waals surface area contributed by atoms with E-state index >= 15 is 0 Å². The van der Waals surface area contributed by atoms with Gasteiger partial charge in [0.2, 0.25) is 5.88 Å². The Labute approximate surface area is 246 Å². The fraction of sp³-hybridized carbons (Fsp3) is 0.219. The van der Waals surface area contributed by atoms with E-state index in [-0.39, 0.29) is 23.6 Å². The molecule has 1 aliphatic rings. The van der Waals surface area contributed by atoms with E-state index < -0.39 is 48.1 Å². The molecule has 4 atom stereocenters. The lowest BCUT2D eigenvalue weighted by Crippen LogP contribution is -2.42. The second-order valence-corrected chi connectivity index (χ2v) is 9.39. The lowest BCUT2D eigenvalue weighted by Gasteiger charge is -2.25. The monoisotopic (exact) mass is 584 g/mol. The first-order valence-electron chi connectivity index (χ1n) is 13.6. The van der Waals surface area contributed by atoms with Gasteiger partial charge < -0.3 is 23.7 Å². The molecule has 1 fully saturated rings. The van der Waals surface area contributed by atoms with Crippen molar-refractivity contribution in [2.45, 2.75) is 31.5 Å². The smallest absolute Gasteiger partial charge is 0.353 e. The van der Waals surface area contributed by atoms with Crippen LogP contribution in [0.3, 0.4) is 0 Å². The van der Waals surface area contributed by atoms with E-state index in [4.69, 9.17) is 23.7 Å². The number of aromatic nitrogens is 2. The van der Waals surface area contributed by atoms with Crippen LogP contribution >= 0.6 is 0 Å². The van der Waals surface area contributed by atoms with Crippen LogP contribution in [-0.4, -0.2) is 59.0 Å². The van der Waals surface area contributed by atoms with Crippen molar-refractivity contribution in [2.75, 3.05) is 13.2 Å². The molecule has 1 aliphatic heterocycles. The highest BCUT2D eigenvalue weighted by molar-refractivity contribution is 5.91. The van der Waals surface area contributed by atoms with Crippen molar-refractivity contribution < 1.29 is 38.1 Å². The van der Waals surface area contributed by atoms with E-state index in [9.17, 15) is 19.2 Å². The van der Waals surface area contributed by atoms with Crippen LogP contribution in [0.4, 0.5) is 0 Å². The van der Waals surface area contributed by atoms with Gasteiger partial charge in [-0.1, -0.05) is 54.6 Å². The maximum absolute atomic E-state index is 13.2. The maximum atomic E-state index is 13.2. The summed E-state index contributed by atoms with van der Waals surface area (Å²) >= 11 is 0. The van der Waals surface area contributed by atoms with Crippen molar-refractivity contribution in [3.05, 3.63) is 130 Å². The summed E-state index contributed by atoms with van der Waals surface area (Å²) in [4.78, 5) is 56.2. The summed E-state index contributed by atoms with van der Waals surface area (Å²) in [6.45, 7) is 1.66. The minimum atomic E-state index is -1.33. The van der Waals surface area contributed by atoms with Gasteiger partial charge in [-0.2, -0.15) is 4.98 Å². The van der Waals surface area contributed by atoms with Gasteiger partial charge in [-0.05, 0) is 43.3 Å². The maximum Gasteiger partial charge on any atom is 0.353 e. The summed E-state index contributed by atoms with van der Waals surface area (Å²) in [7, 11) is 0. The van der Waals surface area contributed by atoms with Gasteiger partial charge in [-0.3, -0.25) is 4.57 Å². The molecule has 11 nitrogen and oxygen atoms in total. The highest BCUT2D eigenvalue weighted by Gasteiger charge is 2.51. The Hall–Kier alpha value is -5.29. The van der Waals surface area contributed by atoms with Gasteiger partial charge >= 0.3 is 23.6 Å². The Kier molecular flexibility index (Phi) is 9.23. The third kappa shape index (κ3) is 6.96. The summed E-state index contributed by atoms with van der Waals surface area (Å²) in [5.41, 5.74) is 0.00478. The van der Waals surface area contributed by atoms with E-state index in [0.29, 0.717) is 12.2 Å². The van der Waals surface area contributed by atoms with Gasteiger partial charge in [-0.15, -0.1) is 0 Å². The topological polar surface area (TPSA) is 132 Å². The van der Waals surface area contributed by atoms with E-state index in [0.717, 1.165) is 4.57 Å². The number of carbonyl (C=O) groups excluding carboxylic acids is 3. The molecule has 3 aromatic carbocycles. The minimum absolute atomic E-state index is 0.0972. The summed E-state index contributed by atoms with van der Waals surface area (Å²) < 4.78 is 29.8. The number of hydrogen-bond acceptors (Lipinski definition) is 10. The molecule has 43 heavy (non-hydrogen) atoms. The molecule has 0 saturated carbocycles. The van der Waals surface area contributed by atoms with Gasteiger partial charge in [0.15, 0.2) is 18.4 Å². The quantitative estimate of drug-likeness (QED) is 0.200. The van der Waals surface area contributed by atoms with Crippen molar-refractivity contribution in [2.24, 2.45) is 0 Å². The summed E-state index contributed by atoms with van der Waals surface area (Å²) in [5, 5.41) is 0. The van der Waals surface area contributed by atoms with Crippen molar-refractivity contribution in [1.82, 2.24) is 9.55 Å². The number of hydrogen-bond donors (Lipinski definition) is 0. The van der Waals surface area contributed by atoms with Crippen LogP contribution in [0.2, 0.25) is 0 Å². The Morgan fingerprint density at radius 1 is 0.744 bits per heavy atom. The zero-order chi connectivity index (χ0) is 30.2. The first kappa shape index (κ1) is 29.2. The summed E-state index contributed by atoms with van der Waals surface area (Å²) in [6.07, 6.45) is -3.66. The molecule has 4 aromatic rings. The number of rotatable bonds is 10. The van der Waals surface area contributed by atoms with Crippen molar-refractivity contribution in [3.63, 3.8) is 0 Å². The predicted molar refractivity (Wildman–Crippen MR) is 152 cm³/mol. The molecule has 11 heteroatoms. The van der Waals surface area contributed by atoms with Gasteiger partial charge in [0, 0.05) is 12.3 Å². The van der Waals surface area contributed by atoms with Crippen LogP contribution in [0, 0.1) is 0 Å². The lowest BCUT2D eigenvalue weighted by molar-refractivity contribution is -0.0640. The third-order valence-corrected chi connectivity index (χ3v) is 6.55. The highest BCUT2D eigenvalue weighted by Crippen LogP contribution is 2.35.